The van der Waals surface area contributed by atoms with Crippen LogP contribution in [0.4, 0.5) is 16.2 Å². The number of carbonyl (C=O) groups excluding carboxylic acids is 2. The van der Waals surface area contributed by atoms with Crippen LogP contribution in [0.3, 0.4) is 0 Å². The lowest BCUT2D eigenvalue weighted by Crippen LogP contribution is -2.24. The van der Waals surface area contributed by atoms with Crippen molar-refractivity contribution in [2.24, 2.45) is 0 Å². The van der Waals surface area contributed by atoms with E-state index in [0.717, 1.165) is 20.1 Å². The molecule has 0 aliphatic carbocycles. The highest BCUT2D eigenvalue weighted by Crippen LogP contribution is 2.34. The van der Waals surface area contributed by atoms with Gasteiger partial charge in [0.25, 0.3) is 5.91 Å². The van der Waals surface area contributed by atoms with Crippen LogP contribution in [0.2, 0.25) is 0 Å². The average molecular weight is 409 g/mol. The van der Waals surface area contributed by atoms with E-state index in [9.17, 15) is 9.59 Å². The first-order chi connectivity index (χ1) is 13.6. The van der Waals surface area contributed by atoms with Crippen molar-refractivity contribution in [1.82, 2.24) is 10.3 Å². The van der Waals surface area contributed by atoms with Crippen molar-refractivity contribution in [3.05, 3.63) is 65.5 Å². The summed E-state index contributed by atoms with van der Waals surface area (Å²) in [6.07, 6.45) is 0. The predicted molar refractivity (Wildman–Crippen MR) is 115 cm³/mol. The fourth-order valence-corrected chi connectivity index (χ4v) is 4.54. The van der Waals surface area contributed by atoms with Gasteiger partial charge in [-0.15, -0.1) is 22.7 Å². The molecule has 0 atom stereocenters. The molecule has 8 heteroatoms. The van der Waals surface area contributed by atoms with Crippen molar-refractivity contribution >= 4 is 56.2 Å². The number of thiophene rings is 1. The van der Waals surface area contributed by atoms with Crippen molar-refractivity contribution in [3.8, 4) is 9.88 Å². The topological polar surface area (TPSA) is 83.1 Å². The van der Waals surface area contributed by atoms with E-state index in [2.05, 4.69) is 20.9 Å². The van der Waals surface area contributed by atoms with Gasteiger partial charge in [0.2, 0.25) is 0 Å². The van der Waals surface area contributed by atoms with Crippen molar-refractivity contribution in [1.29, 1.82) is 0 Å². The van der Waals surface area contributed by atoms with Gasteiger partial charge in [0.1, 0.15) is 5.01 Å². The Morgan fingerprint density at radius 3 is 2.46 bits per heavy atom. The Kier molecular flexibility index (Phi) is 5.05. The number of hydrogen-bond donors (Lipinski definition) is 3. The Morgan fingerprint density at radius 1 is 0.893 bits per heavy atom. The van der Waals surface area contributed by atoms with E-state index in [1.807, 2.05) is 30.3 Å². The van der Waals surface area contributed by atoms with E-state index in [1.54, 1.807) is 48.7 Å². The molecule has 2 aromatic carbocycles. The molecule has 4 aromatic rings. The van der Waals surface area contributed by atoms with E-state index >= 15 is 0 Å². The number of hydrogen-bond acceptors (Lipinski definition) is 5. The van der Waals surface area contributed by atoms with Crippen LogP contribution in [0.25, 0.3) is 20.1 Å². The first-order valence-corrected chi connectivity index (χ1v) is 10.1. The predicted octanol–water partition coefficient (Wildman–Crippen LogP) is 5.03. The van der Waals surface area contributed by atoms with Crippen LogP contribution in [0.15, 0.2) is 60.7 Å². The normalized spacial score (nSPS) is 10.6. The summed E-state index contributed by atoms with van der Waals surface area (Å²) in [4.78, 5) is 30.2. The third kappa shape index (κ3) is 3.88. The first-order valence-electron chi connectivity index (χ1n) is 8.48. The Labute approximate surface area is 169 Å². The van der Waals surface area contributed by atoms with Crippen LogP contribution in [-0.2, 0) is 0 Å². The Balaban J connectivity index is 1.50. The number of urea groups is 1. The van der Waals surface area contributed by atoms with E-state index in [1.165, 1.54) is 11.3 Å². The van der Waals surface area contributed by atoms with Crippen LogP contribution < -0.4 is 16.0 Å². The van der Waals surface area contributed by atoms with Gasteiger partial charge in [-0.2, -0.15) is 0 Å². The molecule has 0 saturated carbocycles. The smallest absolute Gasteiger partial charge is 0.318 e. The maximum atomic E-state index is 12.6. The molecule has 2 aromatic heterocycles. The molecular weight excluding hydrogens is 392 g/mol. The Bertz CT molecular complexity index is 1130. The summed E-state index contributed by atoms with van der Waals surface area (Å²) in [7, 11) is 1.54. The zero-order valence-electron chi connectivity index (χ0n) is 14.9. The lowest BCUT2D eigenvalue weighted by atomic mass is 10.2. The van der Waals surface area contributed by atoms with Gasteiger partial charge in [0, 0.05) is 18.4 Å². The molecule has 0 aliphatic rings. The van der Waals surface area contributed by atoms with Crippen LogP contribution in [0.1, 0.15) is 9.67 Å². The van der Waals surface area contributed by atoms with Gasteiger partial charge < -0.3 is 16.0 Å². The summed E-state index contributed by atoms with van der Waals surface area (Å²) >= 11 is 3.01. The van der Waals surface area contributed by atoms with Crippen LogP contribution in [-0.4, -0.2) is 24.0 Å². The Morgan fingerprint density at radius 2 is 1.68 bits per heavy atom. The van der Waals surface area contributed by atoms with Crippen molar-refractivity contribution in [2.75, 3.05) is 17.7 Å². The molecule has 4 rings (SSSR count). The molecule has 0 bridgehead atoms. The first kappa shape index (κ1) is 18.1. The zero-order chi connectivity index (χ0) is 19.5. The van der Waals surface area contributed by atoms with Gasteiger partial charge in [0.15, 0.2) is 0 Å². The minimum atomic E-state index is -0.317. The second-order valence-corrected chi connectivity index (χ2v) is 8.00. The highest BCUT2D eigenvalue weighted by Gasteiger charge is 2.13. The summed E-state index contributed by atoms with van der Waals surface area (Å²) in [5, 5.41) is 8.93. The van der Waals surface area contributed by atoms with Gasteiger partial charge in [-0.25, -0.2) is 9.78 Å². The number of nitrogens with one attached hydrogen (secondary N) is 3. The van der Waals surface area contributed by atoms with Crippen molar-refractivity contribution in [3.63, 3.8) is 0 Å². The molecule has 3 amide bonds. The largest absolute Gasteiger partial charge is 0.341 e. The molecule has 6 nitrogen and oxygen atoms in total. The van der Waals surface area contributed by atoms with E-state index < -0.39 is 0 Å². The number of para-hydroxylation sites is 1. The van der Waals surface area contributed by atoms with Crippen molar-refractivity contribution in [2.45, 2.75) is 0 Å². The minimum Gasteiger partial charge on any atom is -0.341 e. The third-order valence-electron chi connectivity index (χ3n) is 3.94. The summed E-state index contributed by atoms with van der Waals surface area (Å²) in [6, 6.07) is 18.4. The second-order valence-electron chi connectivity index (χ2n) is 5.89. The molecule has 140 valence electrons. The minimum absolute atomic E-state index is 0.200. The molecule has 0 aliphatic heterocycles. The number of thiazole rings is 1. The SMILES string of the molecule is CNC(=O)Nc1cccc(NC(=O)c2ccc(-c3nc4ccccc4s3)s2)c1. The van der Waals surface area contributed by atoms with Crippen LogP contribution in [0.5, 0.6) is 0 Å². The standard InChI is InChI=1S/C20H16N4O2S2/c1-21-20(26)23-13-6-4-5-12(11-13)22-18(25)16-9-10-17(27-16)19-24-14-7-2-3-8-15(14)28-19/h2-11H,1H3,(H,22,25)(H2,21,23,26). The molecule has 28 heavy (non-hydrogen) atoms. The number of fused-ring (bicyclic) bond motifs is 1. The molecule has 0 saturated heterocycles. The van der Waals surface area contributed by atoms with Gasteiger partial charge in [-0.1, -0.05) is 18.2 Å². The highest BCUT2D eigenvalue weighted by atomic mass is 32.1. The van der Waals surface area contributed by atoms with E-state index in [-0.39, 0.29) is 11.9 Å². The molecule has 0 fully saturated rings. The third-order valence-corrected chi connectivity index (χ3v) is 6.23. The van der Waals surface area contributed by atoms with Gasteiger partial charge in [-0.05, 0) is 42.5 Å². The summed E-state index contributed by atoms with van der Waals surface area (Å²) in [5.74, 6) is -0.200. The lowest BCUT2D eigenvalue weighted by molar-refractivity contribution is 0.103. The maximum absolute atomic E-state index is 12.6. The average Bonchev–Trinajstić information content (AvgIpc) is 3.35. The number of carbonyl (C=O) groups is 2. The monoisotopic (exact) mass is 408 g/mol. The Hall–Kier alpha value is -3.23. The number of rotatable bonds is 4. The number of anilines is 2. The maximum Gasteiger partial charge on any atom is 0.318 e. The number of nitrogens with zero attached hydrogens (tertiary/aromatic N) is 1. The number of amides is 3. The lowest BCUT2D eigenvalue weighted by Gasteiger charge is -2.07. The van der Waals surface area contributed by atoms with Crippen LogP contribution >= 0.6 is 22.7 Å². The summed E-state index contributed by atoms with van der Waals surface area (Å²) in [6.45, 7) is 0. The summed E-state index contributed by atoms with van der Waals surface area (Å²) in [5.41, 5.74) is 2.16. The fraction of sp³-hybridized carbons (Fsp3) is 0.0500. The second kappa shape index (κ2) is 7.79. The van der Waals surface area contributed by atoms with Crippen molar-refractivity contribution < 1.29 is 9.59 Å². The van der Waals surface area contributed by atoms with Gasteiger partial charge in [-0.3, -0.25) is 4.79 Å². The number of aromatic nitrogens is 1. The van der Waals surface area contributed by atoms with Gasteiger partial charge >= 0.3 is 6.03 Å². The molecule has 2 heterocycles. The summed E-state index contributed by atoms with van der Waals surface area (Å²) < 4.78 is 1.12. The quantitative estimate of drug-likeness (QED) is 0.443. The zero-order valence-corrected chi connectivity index (χ0v) is 16.5. The molecule has 3 N–H and O–H groups in total. The molecule has 0 spiro atoms. The molecule has 0 unspecified atom stereocenters. The fourth-order valence-electron chi connectivity index (χ4n) is 2.61. The molecule has 0 radical (unpaired) electrons. The van der Waals surface area contributed by atoms with E-state index in [4.69, 9.17) is 0 Å². The van der Waals surface area contributed by atoms with Crippen LogP contribution in [0, 0.1) is 0 Å². The highest BCUT2D eigenvalue weighted by molar-refractivity contribution is 7.26. The molecular formula is C20H16N4O2S2. The van der Waals surface area contributed by atoms with Gasteiger partial charge in [0.05, 0.1) is 20.0 Å². The van der Waals surface area contributed by atoms with E-state index in [0.29, 0.717) is 16.3 Å². The number of benzene rings is 2.